The number of carbonyl (C=O) groups excluding carboxylic acids is 2. The molecule has 1 atom stereocenters. The molecule has 0 saturated carbocycles. The van der Waals surface area contributed by atoms with E-state index in [4.69, 9.17) is 15.7 Å². The average Bonchev–Trinajstić information content (AvgIpc) is 3.31. The maximum absolute atomic E-state index is 12.1. The third-order valence-corrected chi connectivity index (χ3v) is 4.19. The fourth-order valence-corrected chi connectivity index (χ4v) is 2.64. The molecule has 0 aliphatic rings. The summed E-state index contributed by atoms with van der Waals surface area (Å²) in [6, 6.07) is 13.8. The molecule has 6 N–H and O–H groups in total. The van der Waals surface area contributed by atoms with Crippen LogP contribution in [0.4, 0.5) is 5.69 Å². The summed E-state index contributed by atoms with van der Waals surface area (Å²) < 4.78 is 6.56. The topological polar surface area (TPSA) is 144 Å². The Bertz CT molecular complexity index is 1090. The Morgan fingerprint density at radius 3 is 2.31 bits per heavy atom. The second kappa shape index (κ2) is 11.4. The summed E-state index contributed by atoms with van der Waals surface area (Å²) in [5, 5.41) is 14.1. The van der Waals surface area contributed by atoms with Crippen LogP contribution in [0.25, 0.3) is 0 Å². The van der Waals surface area contributed by atoms with E-state index in [9.17, 15) is 9.59 Å². The number of carbonyl (C=O) groups is 2. The van der Waals surface area contributed by atoms with Gasteiger partial charge in [-0.05, 0) is 48.5 Å². The van der Waals surface area contributed by atoms with Gasteiger partial charge in [-0.3, -0.25) is 9.59 Å². The Morgan fingerprint density at radius 1 is 1.09 bits per heavy atom. The first-order valence-electron chi connectivity index (χ1n) is 9.57. The van der Waals surface area contributed by atoms with Crippen molar-refractivity contribution in [2.75, 3.05) is 12.0 Å². The zero-order valence-electron chi connectivity index (χ0n) is 17.0. The summed E-state index contributed by atoms with van der Waals surface area (Å²) in [7, 11) is 0. The van der Waals surface area contributed by atoms with Crippen LogP contribution in [0.15, 0.2) is 67.3 Å². The standard InChI is InChI=1S/C22H22N6O4/c23-14-32-22(27-31)26-21(30)18-7-3-16(4-8-18)1-2-17-5-9-19(10-6-17)25-20(29)13-28-12-11-24-15-28/h3-12,15,22,27,31H,13-14,23H2,(H,25,29)(H,26,30)/t22-/m0/s1. The van der Waals surface area contributed by atoms with E-state index in [1.165, 1.54) is 0 Å². The third-order valence-electron chi connectivity index (χ3n) is 4.19. The van der Waals surface area contributed by atoms with Crippen molar-refractivity contribution in [1.82, 2.24) is 20.3 Å². The van der Waals surface area contributed by atoms with Crippen LogP contribution in [-0.4, -0.2) is 39.7 Å². The van der Waals surface area contributed by atoms with Gasteiger partial charge in [-0.1, -0.05) is 11.8 Å². The summed E-state index contributed by atoms with van der Waals surface area (Å²) in [6.07, 6.45) is 3.81. The lowest BCUT2D eigenvalue weighted by Gasteiger charge is -2.16. The summed E-state index contributed by atoms with van der Waals surface area (Å²) in [5.74, 6) is 5.45. The molecule has 10 nitrogen and oxygen atoms in total. The predicted molar refractivity (Wildman–Crippen MR) is 116 cm³/mol. The van der Waals surface area contributed by atoms with Gasteiger partial charge in [-0.25, -0.2) is 4.98 Å². The predicted octanol–water partition coefficient (Wildman–Crippen LogP) is 0.847. The Kier molecular flexibility index (Phi) is 8.08. The van der Waals surface area contributed by atoms with E-state index < -0.39 is 12.3 Å². The monoisotopic (exact) mass is 434 g/mol. The smallest absolute Gasteiger partial charge is 0.254 e. The summed E-state index contributed by atoms with van der Waals surface area (Å²) in [4.78, 5) is 28.0. The highest BCUT2D eigenvalue weighted by Crippen LogP contribution is 2.10. The van der Waals surface area contributed by atoms with E-state index in [-0.39, 0.29) is 19.2 Å². The van der Waals surface area contributed by atoms with Gasteiger partial charge in [0.05, 0.1) is 13.1 Å². The highest BCUT2D eigenvalue weighted by Gasteiger charge is 2.12. The first-order valence-corrected chi connectivity index (χ1v) is 9.57. The van der Waals surface area contributed by atoms with Gasteiger partial charge in [0.25, 0.3) is 5.91 Å². The third kappa shape index (κ3) is 6.76. The van der Waals surface area contributed by atoms with Crippen LogP contribution >= 0.6 is 0 Å². The number of imidazole rings is 1. The van der Waals surface area contributed by atoms with Crippen molar-refractivity contribution >= 4 is 17.5 Å². The highest BCUT2D eigenvalue weighted by atomic mass is 16.6. The van der Waals surface area contributed by atoms with Gasteiger partial charge in [-0.15, -0.1) is 0 Å². The van der Waals surface area contributed by atoms with Gasteiger partial charge in [0.15, 0.2) is 0 Å². The van der Waals surface area contributed by atoms with Crippen molar-refractivity contribution < 1.29 is 19.5 Å². The molecule has 0 aliphatic heterocycles. The van der Waals surface area contributed by atoms with E-state index in [0.717, 1.165) is 5.56 Å². The van der Waals surface area contributed by atoms with Crippen LogP contribution in [0, 0.1) is 11.8 Å². The number of nitrogens with zero attached hydrogens (tertiary/aromatic N) is 2. The number of hydrogen-bond acceptors (Lipinski definition) is 7. The van der Waals surface area contributed by atoms with Gasteiger partial charge in [0, 0.05) is 34.8 Å². The summed E-state index contributed by atoms with van der Waals surface area (Å²) in [5.41, 5.74) is 9.54. The number of benzene rings is 2. The minimum Gasteiger partial charge on any atom is -0.328 e. The van der Waals surface area contributed by atoms with E-state index in [0.29, 0.717) is 16.8 Å². The number of anilines is 1. The molecule has 0 unspecified atom stereocenters. The van der Waals surface area contributed by atoms with E-state index in [1.54, 1.807) is 77.3 Å². The number of hydroxylamine groups is 1. The Labute approximate surface area is 184 Å². The first-order chi connectivity index (χ1) is 15.6. The summed E-state index contributed by atoms with van der Waals surface area (Å²) >= 11 is 0. The number of aromatic nitrogens is 2. The minimum atomic E-state index is -1.11. The van der Waals surface area contributed by atoms with Crippen LogP contribution in [-0.2, 0) is 16.1 Å². The van der Waals surface area contributed by atoms with Crippen molar-refractivity contribution in [2.24, 2.45) is 5.73 Å². The SMILES string of the molecule is NCO[C@H](NO)NC(=O)c1ccc(C#Cc2ccc(NC(=O)Cn3ccnc3)cc2)cc1. The Hall–Kier alpha value is -4.01. The first kappa shape index (κ1) is 22.7. The number of nitrogens with two attached hydrogens (primary N) is 1. The molecule has 3 aromatic rings. The Balaban J connectivity index is 1.55. The maximum Gasteiger partial charge on any atom is 0.254 e. The van der Waals surface area contributed by atoms with Gasteiger partial charge in [-0.2, -0.15) is 5.48 Å². The van der Waals surface area contributed by atoms with Gasteiger partial charge in [0.2, 0.25) is 12.3 Å². The van der Waals surface area contributed by atoms with Crippen LogP contribution in [0.3, 0.4) is 0 Å². The van der Waals surface area contributed by atoms with Crippen LogP contribution in [0.5, 0.6) is 0 Å². The average molecular weight is 434 g/mol. The molecule has 0 bridgehead atoms. The largest absolute Gasteiger partial charge is 0.328 e. The zero-order valence-corrected chi connectivity index (χ0v) is 17.0. The van der Waals surface area contributed by atoms with E-state index in [1.807, 2.05) is 0 Å². The van der Waals surface area contributed by atoms with Gasteiger partial charge in [0.1, 0.15) is 6.54 Å². The number of ether oxygens (including phenoxy) is 1. The quantitative estimate of drug-likeness (QED) is 0.201. The van der Waals surface area contributed by atoms with Crippen molar-refractivity contribution in [1.29, 1.82) is 0 Å². The molecule has 164 valence electrons. The fraction of sp³-hybridized carbons (Fsp3) is 0.136. The van der Waals surface area contributed by atoms with E-state index >= 15 is 0 Å². The molecule has 0 saturated heterocycles. The number of amides is 2. The van der Waals surface area contributed by atoms with Gasteiger partial charge < -0.3 is 30.9 Å². The molecular formula is C22H22N6O4. The molecule has 0 spiro atoms. The molecule has 0 radical (unpaired) electrons. The van der Waals surface area contributed by atoms with Crippen molar-refractivity contribution in [3.63, 3.8) is 0 Å². The molecule has 2 aromatic carbocycles. The zero-order chi connectivity index (χ0) is 22.8. The lowest BCUT2D eigenvalue weighted by molar-refractivity contribution is -0.116. The fourth-order valence-electron chi connectivity index (χ4n) is 2.64. The number of hydrogen-bond donors (Lipinski definition) is 5. The molecule has 2 amide bonds. The molecule has 0 aliphatic carbocycles. The second-order valence-electron chi connectivity index (χ2n) is 6.50. The maximum atomic E-state index is 12.1. The molecular weight excluding hydrogens is 412 g/mol. The van der Waals surface area contributed by atoms with E-state index in [2.05, 4.69) is 27.5 Å². The normalized spacial score (nSPS) is 11.2. The van der Waals surface area contributed by atoms with Crippen LogP contribution in [0.1, 0.15) is 21.5 Å². The molecule has 32 heavy (non-hydrogen) atoms. The second-order valence-corrected chi connectivity index (χ2v) is 6.50. The molecule has 1 heterocycles. The molecule has 1 aromatic heterocycles. The van der Waals surface area contributed by atoms with Crippen molar-refractivity contribution in [2.45, 2.75) is 12.9 Å². The number of nitrogens with one attached hydrogen (secondary N) is 3. The number of rotatable bonds is 8. The highest BCUT2D eigenvalue weighted by molar-refractivity contribution is 5.94. The Morgan fingerprint density at radius 2 is 1.75 bits per heavy atom. The van der Waals surface area contributed by atoms with Gasteiger partial charge >= 0.3 is 0 Å². The minimum absolute atomic E-state index is 0.151. The van der Waals surface area contributed by atoms with Crippen molar-refractivity contribution in [3.05, 3.63) is 83.9 Å². The van der Waals surface area contributed by atoms with Crippen molar-refractivity contribution in [3.8, 4) is 11.8 Å². The van der Waals surface area contributed by atoms with Crippen LogP contribution in [0.2, 0.25) is 0 Å². The molecule has 0 fully saturated rings. The van der Waals surface area contributed by atoms with Crippen LogP contribution < -0.4 is 21.8 Å². The lowest BCUT2D eigenvalue weighted by atomic mass is 10.1. The summed E-state index contributed by atoms with van der Waals surface area (Å²) in [6.45, 7) is 0.0126. The lowest BCUT2D eigenvalue weighted by Crippen LogP contribution is -2.46. The molecule has 10 heteroatoms. The molecule has 3 rings (SSSR count).